The van der Waals surface area contributed by atoms with Crippen molar-refractivity contribution >= 4 is 16.8 Å². The molecule has 1 heterocycles. The summed E-state index contributed by atoms with van der Waals surface area (Å²) in [6.45, 7) is 4.54. The van der Waals surface area contributed by atoms with Crippen molar-refractivity contribution in [1.29, 1.82) is 0 Å². The van der Waals surface area contributed by atoms with E-state index in [-0.39, 0.29) is 18.2 Å². The second kappa shape index (κ2) is 10.9. The molecule has 0 aromatic heterocycles. The molecule has 5 nitrogen and oxygen atoms in total. The quantitative estimate of drug-likeness (QED) is 0.341. The van der Waals surface area contributed by atoms with Gasteiger partial charge < -0.3 is 14.6 Å². The largest absolute Gasteiger partial charge is 0.492 e. The van der Waals surface area contributed by atoms with Crippen LogP contribution in [0.1, 0.15) is 64.7 Å². The molecule has 7 heteroatoms. The first kappa shape index (κ1) is 26.4. The van der Waals surface area contributed by atoms with Crippen molar-refractivity contribution < 1.29 is 28.0 Å². The lowest BCUT2D eigenvalue weighted by Gasteiger charge is -2.19. The highest BCUT2D eigenvalue weighted by molar-refractivity contribution is 7.84. The molecule has 0 saturated heterocycles. The highest BCUT2D eigenvalue weighted by Gasteiger charge is 2.32. The Morgan fingerprint density at radius 2 is 1.92 bits per heavy atom. The molecule has 38 heavy (non-hydrogen) atoms. The van der Waals surface area contributed by atoms with Crippen molar-refractivity contribution in [1.82, 2.24) is 0 Å². The molecule has 1 unspecified atom stereocenters. The van der Waals surface area contributed by atoms with Crippen molar-refractivity contribution in [3.05, 3.63) is 81.7 Å². The van der Waals surface area contributed by atoms with E-state index in [0.717, 1.165) is 52.6 Å². The number of halogens is 1. The fraction of sp³-hybridized carbons (Fsp3) is 0.387. The molecule has 5 rings (SSSR count). The summed E-state index contributed by atoms with van der Waals surface area (Å²) in [5.41, 5.74) is 8.22. The van der Waals surface area contributed by atoms with Crippen LogP contribution in [0.5, 0.6) is 11.5 Å². The molecule has 3 aromatic carbocycles. The highest BCUT2D eigenvalue weighted by Crippen LogP contribution is 2.45. The fourth-order valence-corrected chi connectivity index (χ4v) is 6.55. The number of benzene rings is 3. The molecule has 3 atom stereocenters. The van der Waals surface area contributed by atoms with Gasteiger partial charge in [0.15, 0.2) is 0 Å². The van der Waals surface area contributed by atoms with Gasteiger partial charge in [-0.3, -0.25) is 9.00 Å². The Morgan fingerprint density at radius 3 is 2.63 bits per heavy atom. The Hall–Kier alpha value is -3.19. The number of carbonyl (C=O) groups is 1. The third-order valence-corrected chi connectivity index (χ3v) is 8.47. The first-order valence-electron chi connectivity index (χ1n) is 13.1. The van der Waals surface area contributed by atoms with Crippen LogP contribution in [-0.2, 0) is 28.4 Å². The van der Waals surface area contributed by atoms with Gasteiger partial charge in [0.2, 0.25) is 0 Å². The summed E-state index contributed by atoms with van der Waals surface area (Å²) in [7, 11) is -0.785. The molecule has 0 fully saturated rings. The van der Waals surface area contributed by atoms with E-state index < -0.39 is 22.9 Å². The molecule has 1 aliphatic heterocycles. The molecule has 3 aromatic rings. The monoisotopic (exact) mass is 536 g/mol. The number of aliphatic carboxylic acids is 1. The molecule has 2 aliphatic rings. The van der Waals surface area contributed by atoms with E-state index in [9.17, 15) is 9.00 Å². The zero-order valence-electron chi connectivity index (χ0n) is 22.0. The Morgan fingerprint density at radius 1 is 1.16 bits per heavy atom. The Labute approximate surface area is 225 Å². The van der Waals surface area contributed by atoms with Crippen molar-refractivity contribution in [2.75, 3.05) is 18.6 Å². The lowest BCUT2D eigenvalue weighted by atomic mass is 9.88. The van der Waals surface area contributed by atoms with Crippen LogP contribution in [0.3, 0.4) is 0 Å². The van der Waals surface area contributed by atoms with Crippen molar-refractivity contribution in [2.24, 2.45) is 0 Å². The molecule has 0 radical (unpaired) electrons. The molecular weight excluding hydrogens is 503 g/mol. The van der Waals surface area contributed by atoms with Gasteiger partial charge in [-0.2, -0.15) is 0 Å². The minimum atomic E-state index is -0.852. The van der Waals surface area contributed by atoms with Crippen LogP contribution in [-0.4, -0.2) is 33.9 Å². The predicted molar refractivity (Wildman–Crippen MR) is 147 cm³/mol. The van der Waals surface area contributed by atoms with E-state index in [1.807, 2.05) is 18.2 Å². The number of aryl methyl sites for hydroxylation is 3. The summed E-state index contributed by atoms with van der Waals surface area (Å²) in [5, 5.41) is 9.14. The zero-order chi connectivity index (χ0) is 27.0. The van der Waals surface area contributed by atoms with E-state index in [1.54, 1.807) is 18.4 Å². The van der Waals surface area contributed by atoms with Gasteiger partial charge >= 0.3 is 5.97 Å². The third-order valence-electron chi connectivity index (χ3n) is 7.61. The fourth-order valence-electron chi connectivity index (χ4n) is 6.00. The molecule has 0 bridgehead atoms. The maximum atomic E-state index is 15.2. The summed E-state index contributed by atoms with van der Waals surface area (Å²) in [5.74, 6) is 0.646. The van der Waals surface area contributed by atoms with Gasteiger partial charge in [0, 0.05) is 45.9 Å². The number of hydrogen-bond donors (Lipinski definition) is 1. The van der Waals surface area contributed by atoms with Gasteiger partial charge in [0.05, 0.1) is 13.0 Å². The average molecular weight is 537 g/mol. The second-order valence-electron chi connectivity index (χ2n) is 10.4. The Kier molecular flexibility index (Phi) is 7.57. The summed E-state index contributed by atoms with van der Waals surface area (Å²) in [6.07, 6.45) is 4.53. The van der Waals surface area contributed by atoms with E-state index in [1.165, 1.54) is 5.56 Å². The van der Waals surface area contributed by atoms with Crippen LogP contribution >= 0.6 is 0 Å². The molecule has 1 N–H and O–H groups in total. The van der Waals surface area contributed by atoms with E-state index in [4.69, 9.17) is 14.6 Å². The number of fused-ring (bicyclic) bond motifs is 2. The normalized spacial score (nSPS) is 18.5. The number of carboxylic acid groups (broad SMARTS) is 1. The van der Waals surface area contributed by atoms with Crippen LogP contribution < -0.4 is 9.47 Å². The lowest BCUT2D eigenvalue weighted by molar-refractivity contribution is -0.137. The van der Waals surface area contributed by atoms with Crippen molar-refractivity contribution in [3.8, 4) is 22.6 Å². The van der Waals surface area contributed by atoms with Crippen LogP contribution in [0.4, 0.5) is 4.39 Å². The summed E-state index contributed by atoms with van der Waals surface area (Å²) in [4.78, 5) is 11.1. The van der Waals surface area contributed by atoms with E-state index in [2.05, 4.69) is 26.0 Å². The first-order valence-corrected chi connectivity index (χ1v) is 14.8. The summed E-state index contributed by atoms with van der Waals surface area (Å²) in [6, 6.07) is 13.3. The third kappa shape index (κ3) is 5.35. The minimum Gasteiger partial charge on any atom is -0.492 e. The van der Waals surface area contributed by atoms with Gasteiger partial charge in [-0.15, -0.1) is 0 Å². The molecular formula is C31H33FO5S. The predicted octanol–water partition coefficient (Wildman–Crippen LogP) is 6.44. The molecule has 0 amide bonds. The smallest absolute Gasteiger partial charge is 0.304 e. The second-order valence-corrected chi connectivity index (χ2v) is 12.0. The standard InChI is InChI=1S/C31H33FO5S/c1-18-13-20(5-4-12-38(3)35)14-19(2)30(18)24-8-10-26(32)31-25(24)9-11-27(31)37-22-6-7-23-21(15-29(33)34)17-36-28(23)16-22/h6-8,10,13-14,16,21,27H,4-5,9,11-12,15,17H2,1-3H3,(H,33,34)/t21-,27-,38?/m1/s1. The van der Waals surface area contributed by atoms with Gasteiger partial charge in [-0.25, -0.2) is 4.39 Å². The van der Waals surface area contributed by atoms with Crippen molar-refractivity contribution in [2.45, 2.75) is 58.0 Å². The Balaban J connectivity index is 1.40. The van der Waals surface area contributed by atoms with Gasteiger partial charge in [-0.1, -0.05) is 24.3 Å². The van der Waals surface area contributed by atoms with Crippen LogP contribution in [0.2, 0.25) is 0 Å². The van der Waals surface area contributed by atoms with Crippen LogP contribution in [0.25, 0.3) is 11.1 Å². The maximum Gasteiger partial charge on any atom is 0.304 e. The molecule has 0 spiro atoms. The van der Waals surface area contributed by atoms with Crippen LogP contribution in [0.15, 0.2) is 42.5 Å². The topological polar surface area (TPSA) is 72.8 Å². The van der Waals surface area contributed by atoms with E-state index in [0.29, 0.717) is 35.8 Å². The number of ether oxygens (including phenoxy) is 2. The summed E-state index contributed by atoms with van der Waals surface area (Å²) >= 11 is 0. The molecule has 0 saturated carbocycles. The van der Waals surface area contributed by atoms with E-state index >= 15 is 4.39 Å². The Bertz CT molecular complexity index is 1390. The first-order chi connectivity index (χ1) is 18.2. The van der Waals surface area contributed by atoms with Gasteiger partial charge in [-0.05, 0) is 85.0 Å². The molecule has 200 valence electrons. The maximum absolute atomic E-state index is 15.2. The van der Waals surface area contributed by atoms with Crippen LogP contribution in [0, 0.1) is 19.7 Å². The SMILES string of the molecule is Cc1cc(CCCS(C)=O)cc(C)c1-c1ccc(F)c2c1CC[C@H]2Oc1ccc2c(c1)OC[C@H]2CC(=O)O. The number of hydrogen-bond acceptors (Lipinski definition) is 4. The molecule has 1 aliphatic carbocycles. The van der Waals surface area contributed by atoms with Gasteiger partial charge in [0.1, 0.15) is 23.4 Å². The minimum absolute atomic E-state index is 0.0245. The average Bonchev–Trinajstić information content (AvgIpc) is 3.44. The zero-order valence-corrected chi connectivity index (χ0v) is 22.8. The number of carboxylic acids is 1. The highest BCUT2D eigenvalue weighted by atomic mass is 32.2. The van der Waals surface area contributed by atoms with Gasteiger partial charge in [0.25, 0.3) is 0 Å². The van der Waals surface area contributed by atoms with Crippen molar-refractivity contribution in [3.63, 3.8) is 0 Å². The number of rotatable bonds is 9. The summed E-state index contributed by atoms with van der Waals surface area (Å²) < 4.78 is 38.7. The lowest BCUT2D eigenvalue weighted by Crippen LogP contribution is -2.07.